The predicted octanol–water partition coefficient (Wildman–Crippen LogP) is 3.25. The minimum absolute atomic E-state index is 0.108. The van der Waals surface area contributed by atoms with Gasteiger partial charge in [-0.25, -0.2) is 0 Å². The van der Waals surface area contributed by atoms with Crippen LogP contribution in [0.25, 0.3) is 0 Å². The van der Waals surface area contributed by atoms with Crippen molar-refractivity contribution in [3.8, 4) is 0 Å². The molecule has 1 heterocycles. The normalized spacial score (nSPS) is 18.1. The highest BCUT2D eigenvalue weighted by atomic mass is 19.4. The van der Waals surface area contributed by atoms with E-state index in [-0.39, 0.29) is 18.5 Å². The second-order valence-corrected chi connectivity index (χ2v) is 5.89. The molecule has 1 aliphatic heterocycles. The average molecular weight is 345 g/mol. The van der Waals surface area contributed by atoms with Crippen molar-refractivity contribution in [1.82, 2.24) is 4.90 Å². The summed E-state index contributed by atoms with van der Waals surface area (Å²) in [4.78, 5) is 13.4. The predicted molar refractivity (Wildman–Crippen MR) is 82.3 cm³/mol. The molecule has 24 heavy (non-hydrogen) atoms. The van der Waals surface area contributed by atoms with Crippen LogP contribution in [0.3, 0.4) is 0 Å². The van der Waals surface area contributed by atoms with E-state index in [1.54, 1.807) is 0 Å². The molecule has 0 spiro atoms. The number of esters is 1. The highest BCUT2D eigenvalue weighted by molar-refractivity contribution is 5.69. The summed E-state index contributed by atoms with van der Waals surface area (Å²) in [5.74, 6) is -0.306. The molecular formula is C17H22F3NO3. The van der Waals surface area contributed by atoms with E-state index in [1.165, 1.54) is 19.2 Å². The lowest BCUT2D eigenvalue weighted by Gasteiger charge is -2.25. The minimum atomic E-state index is -4.33. The van der Waals surface area contributed by atoms with Crippen LogP contribution in [0, 0.1) is 0 Å². The number of ether oxygens (including phenoxy) is 2. The van der Waals surface area contributed by atoms with Crippen molar-refractivity contribution in [3.05, 3.63) is 35.4 Å². The smallest absolute Gasteiger partial charge is 0.416 e. The fourth-order valence-corrected chi connectivity index (χ4v) is 2.72. The Morgan fingerprint density at radius 3 is 2.58 bits per heavy atom. The Labute approximate surface area is 139 Å². The number of rotatable bonds is 7. The fraction of sp³-hybridized carbons (Fsp3) is 0.588. The van der Waals surface area contributed by atoms with E-state index in [1.807, 2.05) is 4.90 Å². The Hall–Kier alpha value is -1.60. The van der Waals surface area contributed by atoms with Crippen LogP contribution < -0.4 is 0 Å². The van der Waals surface area contributed by atoms with Crippen LogP contribution in [0.2, 0.25) is 0 Å². The second kappa shape index (κ2) is 8.48. The number of nitrogens with zero attached hydrogens (tertiary/aromatic N) is 1. The summed E-state index contributed by atoms with van der Waals surface area (Å²) in [5.41, 5.74) is 0.109. The third-order valence-electron chi connectivity index (χ3n) is 4.03. The molecule has 1 aromatic carbocycles. The van der Waals surface area contributed by atoms with Gasteiger partial charge in [0.05, 0.1) is 25.2 Å². The molecule has 1 aliphatic rings. The molecule has 1 fully saturated rings. The minimum Gasteiger partial charge on any atom is -0.469 e. The van der Waals surface area contributed by atoms with E-state index in [4.69, 9.17) is 4.74 Å². The average Bonchev–Trinajstić information content (AvgIpc) is 3.05. The Morgan fingerprint density at radius 1 is 1.33 bits per heavy atom. The Bertz CT molecular complexity index is 525. The lowest BCUT2D eigenvalue weighted by molar-refractivity contribution is -0.141. The van der Waals surface area contributed by atoms with Crippen LogP contribution in [0.5, 0.6) is 0 Å². The lowest BCUT2D eigenvalue weighted by atomic mass is 10.1. The highest BCUT2D eigenvalue weighted by Gasteiger charge is 2.30. The molecule has 0 saturated carbocycles. The van der Waals surface area contributed by atoms with E-state index in [0.29, 0.717) is 19.6 Å². The van der Waals surface area contributed by atoms with Gasteiger partial charge in [0.15, 0.2) is 0 Å². The molecule has 0 bridgehead atoms. The Morgan fingerprint density at radius 2 is 2.04 bits per heavy atom. The number of benzene rings is 1. The molecule has 1 saturated heterocycles. The van der Waals surface area contributed by atoms with Crippen LogP contribution in [0.4, 0.5) is 13.2 Å². The standard InChI is InChI=1S/C17H22F3NO3/c1-23-16(22)8-9-21(12-15-3-2-10-24-15)11-13-4-6-14(7-5-13)17(18,19)20/h4-7,15H,2-3,8-12H2,1H3. The van der Waals surface area contributed by atoms with Crippen molar-refractivity contribution in [2.45, 2.75) is 38.1 Å². The Balaban J connectivity index is 1.98. The molecule has 0 aliphatic carbocycles. The van der Waals surface area contributed by atoms with Crippen LogP contribution >= 0.6 is 0 Å². The lowest BCUT2D eigenvalue weighted by Crippen LogP contribution is -2.33. The summed E-state index contributed by atoms with van der Waals surface area (Å²) in [6.07, 6.45) is -2.01. The summed E-state index contributed by atoms with van der Waals surface area (Å²) >= 11 is 0. The van der Waals surface area contributed by atoms with Gasteiger partial charge in [0.2, 0.25) is 0 Å². The summed E-state index contributed by atoms with van der Waals surface area (Å²) in [6, 6.07) is 5.12. The van der Waals surface area contributed by atoms with Crippen LogP contribution in [0.15, 0.2) is 24.3 Å². The maximum atomic E-state index is 12.6. The van der Waals surface area contributed by atoms with Gasteiger partial charge in [0, 0.05) is 26.2 Å². The zero-order valence-corrected chi connectivity index (χ0v) is 13.6. The maximum absolute atomic E-state index is 12.6. The zero-order chi connectivity index (χ0) is 17.6. The van der Waals surface area contributed by atoms with Gasteiger partial charge in [0.25, 0.3) is 0 Å². The first kappa shape index (κ1) is 18.7. The number of methoxy groups -OCH3 is 1. The fourth-order valence-electron chi connectivity index (χ4n) is 2.72. The number of carbonyl (C=O) groups is 1. The van der Waals surface area contributed by atoms with Gasteiger partial charge in [-0.1, -0.05) is 12.1 Å². The van der Waals surface area contributed by atoms with Crippen LogP contribution in [-0.2, 0) is 27.0 Å². The molecule has 0 aromatic heterocycles. The first-order valence-corrected chi connectivity index (χ1v) is 7.95. The van der Waals surface area contributed by atoms with Crippen molar-refractivity contribution in [2.24, 2.45) is 0 Å². The molecule has 2 rings (SSSR count). The first-order chi connectivity index (χ1) is 11.4. The third-order valence-corrected chi connectivity index (χ3v) is 4.03. The van der Waals surface area contributed by atoms with Gasteiger partial charge in [-0.05, 0) is 30.5 Å². The number of halogens is 3. The van der Waals surface area contributed by atoms with E-state index in [2.05, 4.69) is 4.74 Å². The van der Waals surface area contributed by atoms with Gasteiger partial charge in [0.1, 0.15) is 0 Å². The van der Waals surface area contributed by atoms with E-state index in [0.717, 1.165) is 37.1 Å². The van der Waals surface area contributed by atoms with Crippen molar-refractivity contribution < 1.29 is 27.4 Å². The number of hydrogen-bond donors (Lipinski definition) is 0. The van der Waals surface area contributed by atoms with E-state index < -0.39 is 11.7 Å². The molecule has 7 heteroatoms. The highest BCUT2D eigenvalue weighted by Crippen LogP contribution is 2.29. The number of alkyl halides is 3. The van der Waals surface area contributed by atoms with Crippen LogP contribution in [-0.4, -0.2) is 43.8 Å². The maximum Gasteiger partial charge on any atom is 0.416 e. The van der Waals surface area contributed by atoms with Crippen molar-refractivity contribution in [3.63, 3.8) is 0 Å². The summed E-state index contributed by atoms with van der Waals surface area (Å²) in [6.45, 7) is 2.33. The van der Waals surface area contributed by atoms with Gasteiger partial charge in [-0.2, -0.15) is 13.2 Å². The SMILES string of the molecule is COC(=O)CCN(Cc1ccc(C(F)(F)F)cc1)CC1CCCO1. The molecule has 1 aromatic rings. The molecule has 1 atom stereocenters. The monoisotopic (exact) mass is 345 g/mol. The van der Waals surface area contributed by atoms with Crippen molar-refractivity contribution in [1.29, 1.82) is 0 Å². The Kier molecular flexibility index (Phi) is 6.62. The largest absolute Gasteiger partial charge is 0.469 e. The summed E-state index contributed by atoms with van der Waals surface area (Å²) in [7, 11) is 1.34. The summed E-state index contributed by atoms with van der Waals surface area (Å²) < 4.78 is 48.1. The molecule has 0 radical (unpaired) electrons. The summed E-state index contributed by atoms with van der Waals surface area (Å²) in [5, 5.41) is 0. The molecule has 4 nitrogen and oxygen atoms in total. The third kappa shape index (κ3) is 5.79. The van der Waals surface area contributed by atoms with Gasteiger partial charge in [-0.15, -0.1) is 0 Å². The number of carbonyl (C=O) groups excluding carboxylic acids is 1. The molecule has 134 valence electrons. The van der Waals surface area contributed by atoms with Crippen molar-refractivity contribution in [2.75, 3.05) is 26.8 Å². The van der Waals surface area contributed by atoms with E-state index >= 15 is 0 Å². The topological polar surface area (TPSA) is 38.8 Å². The molecule has 0 N–H and O–H groups in total. The van der Waals surface area contributed by atoms with Gasteiger partial charge < -0.3 is 9.47 Å². The van der Waals surface area contributed by atoms with Crippen LogP contribution in [0.1, 0.15) is 30.4 Å². The van der Waals surface area contributed by atoms with Gasteiger partial charge >= 0.3 is 12.1 Å². The number of hydrogen-bond acceptors (Lipinski definition) is 4. The molecular weight excluding hydrogens is 323 g/mol. The van der Waals surface area contributed by atoms with Gasteiger partial charge in [-0.3, -0.25) is 9.69 Å². The van der Waals surface area contributed by atoms with Crippen molar-refractivity contribution >= 4 is 5.97 Å². The zero-order valence-electron chi connectivity index (χ0n) is 13.6. The molecule has 1 unspecified atom stereocenters. The first-order valence-electron chi connectivity index (χ1n) is 7.95. The van der Waals surface area contributed by atoms with E-state index in [9.17, 15) is 18.0 Å². The second-order valence-electron chi connectivity index (χ2n) is 5.89. The molecule has 0 amide bonds. The quantitative estimate of drug-likeness (QED) is 0.711.